The zero-order chi connectivity index (χ0) is 16.5. The van der Waals surface area contributed by atoms with Crippen molar-refractivity contribution in [3.05, 3.63) is 11.6 Å². The van der Waals surface area contributed by atoms with Gasteiger partial charge in [-0.1, -0.05) is 19.4 Å². The van der Waals surface area contributed by atoms with E-state index in [0.29, 0.717) is 16.6 Å². The summed E-state index contributed by atoms with van der Waals surface area (Å²) in [5, 5.41) is 4.00. The van der Waals surface area contributed by atoms with Gasteiger partial charge in [-0.05, 0) is 92.4 Å². The van der Waals surface area contributed by atoms with Crippen LogP contribution < -0.4 is 5.32 Å². The molecule has 5 rings (SSSR count). The van der Waals surface area contributed by atoms with Crippen LogP contribution in [-0.2, 0) is 4.79 Å². The van der Waals surface area contributed by atoms with Gasteiger partial charge in [0.15, 0.2) is 5.78 Å². The summed E-state index contributed by atoms with van der Waals surface area (Å²) in [5.41, 5.74) is 2.38. The number of allylic oxidation sites excluding steroid dienone is 1. The molecule has 0 amide bonds. The highest BCUT2D eigenvalue weighted by Crippen LogP contribution is 2.65. The van der Waals surface area contributed by atoms with Gasteiger partial charge in [0.25, 0.3) is 0 Å². The first-order chi connectivity index (χ1) is 11.5. The van der Waals surface area contributed by atoms with Crippen molar-refractivity contribution in [3.8, 4) is 0 Å². The highest BCUT2D eigenvalue weighted by molar-refractivity contribution is 5.91. The second kappa shape index (κ2) is 5.19. The van der Waals surface area contributed by atoms with Crippen molar-refractivity contribution in [3.63, 3.8) is 0 Å². The highest BCUT2D eigenvalue weighted by Gasteiger charge is 2.59. The number of ketones is 1. The zero-order valence-electron chi connectivity index (χ0n) is 15.4. The average Bonchev–Trinajstić information content (AvgIpc) is 3.31. The summed E-state index contributed by atoms with van der Waals surface area (Å²) in [6.45, 7) is 5.11. The van der Waals surface area contributed by atoms with Gasteiger partial charge in [-0.15, -0.1) is 0 Å². The maximum atomic E-state index is 11.9. The Kier molecular flexibility index (Phi) is 3.38. The summed E-state index contributed by atoms with van der Waals surface area (Å²) in [6, 6.07) is 1.61. The molecule has 2 heteroatoms. The summed E-state index contributed by atoms with van der Waals surface area (Å²) in [4.78, 5) is 11.9. The Labute approximate surface area is 146 Å². The van der Waals surface area contributed by atoms with Gasteiger partial charge in [-0.25, -0.2) is 0 Å². The zero-order valence-corrected chi connectivity index (χ0v) is 15.4. The van der Waals surface area contributed by atoms with Crippen molar-refractivity contribution in [1.29, 1.82) is 0 Å². The second-order valence-corrected chi connectivity index (χ2v) is 10.1. The van der Waals surface area contributed by atoms with Crippen molar-refractivity contribution >= 4 is 5.78 Å². The monoisotopic (exact) mass is 327 g/mol. The van der Waals surface area contributed by atoms with Gasteiger partial charge < -0.3 is 5.32 Å². The number of hydrogen-bond acceptors (Lipinski definition) is 2. The maximum Gasteiger partial charge on any atom is 0.155 e. The third kappa shape index (κ3) is 2.14. The molecule has 1 N–H and O–H groups in total. The van der Waals surface area contributed by atoms with E-state index in [2.05, 4.69) is 19.2 Å². The van der Waals surface area contributed by atoms with Crippen LogP contribution in [0.2, 0.25) is 0 Å². The van der Waals surface area contributed by atoms with E-state index in [1.807, 2.05) is 6.08 Å². The Morgan fingerprint density at radius 1 is 0.958 bits per heavy atom. The Bertz CT molecular complexity index is 591. The molecule has 4 fully saturated rings. The van der Waals surface area contributed by atoms with Crippen molar-refractivity contribution in [1.82, 2.24) is 5.32 Å². The van der Waals surface area contributed by atoms with Gasteiger partial charge in [0.1, 0.15) is 0 Å². The number of hydrogen-bond donors (Lipinski definition) is 1. The molecule has 0 aromatic rings. The predicted molar refractivity (Wildman–Crippen MR) is 96.7 cm³/mol. The number of rotatable bonds is 2. The third-order valence-electron chi connectivity index (χ3n) is 8.98. The molecule has 0 bridgehead atoms. The van der Waals surface area contributed by atoms with E-state index < -0.39 is 0 Å². The van der Waals surface area contributed by atoms with Crippen LogP contribution in [0.3, 0.4) is 0 Å². The first-order valence-corrected chi connectivity index (χ1v) is 10.5. The van der Waals surface area contributed by atoms with E-state index in [0.717, 1.165) is 42.7 Å². The number of carbonyl (C=O) groups excluding carboxylic acids is 1. The Hall–Kier alpha value is -0.630. The summed E-state index contributed by atoms with van der Waals surface area (Å²) in [5.74, 6) is 3.05. The molecule has 0 radical (unpaired) electrons. The molecule has 0 saturated heterocycles. The minimum absolute atomic E-state index is 0.333. The van der Waals surface area contributed by atoms with Crippen molar-refractivity contribution in [2.24, 2.45) is 28.6 Å². The van der Waals surface area contributed by atoms with Crippen LogP contribution in [-0.4, -0.2) is 17.9 Å². The van der Waals surface area contributed by atoms with E-state index in [1.54, 1.807) is 0 Å². The van der Waals surface area contributed by atoms with E-state index in [4.69, 9.17) is 0 Å². The lowest BCUT2D eigenvalue weighted by atomic mass is 9.47. The van der Waals surface area contributed by atoms with Crippen molar-refractivity contribution < 1.29 is 4.79 Å². The fraction of sp³-hybridized carbons (Fsp3) is 0.864. The molecule has 6 atom stereocenters. The first-order valence-electron chi connectivity index (χ1n) is 10.5. The van der Waals surface area contributed by atoms with Gasteiger partial charge in [-0.2, -0.15) is 0 Å². The smallest absolute Gasteiger partial charge is 0.155 e. The summed E-state index contributed by atoms with van der Waals surface area (Å²) >= 11 is 0. The lowest BCUT2D eigenvalue weighted by molar-refractivity contribution is -0.117. The summed E-state index contributed by atoms with van der Waals surface area (Å²) in [7, 11) is 0. The Balaban J connectivity index is 1.42. The van der Waals surface area contributed by atoms with Crippen LogP contribution in [0.25, 0.3) is 0 Å². The fourth-order valence-electron chi connectivity index (χ4n) is 7.37. The third-order valence-corrected chi connectivity index (χ3v) is 8.98. The van der Waals surface area contributed by atoms with Gasteiger partial charge in [-0.3, -0.25) is 4.79 Å². The molecule has 0 aromatic carbocycles. The van der Waals surface area contributed by atoms with Crippen molar-refractivity contribution in [2.45, 2.75) is 90.1 Å². The lowest BCUT2D eigenvalue weighted by Crippen LogP contribution is -2.53. The van der Waals surface area contributed by atoms with Crippen LogP contribution in [0.15, 0.2) is 11.6 Å². The van der Waals surface area contributed by atoms with Crippen LogP contribution in [0.4, 0.5) is 0 Å². The minimum atomic E-state index is 0.333. The maximum absolute atomic E-state index is 11.9. The summed E-state index contributed by atoms with van der Waals surface area (Å²) in [6.07, 6.45) is 14.9. The highest BCUT2D eigenvalue weighted by atomic mass is 16.1. The number of carbonyl (C=O) groups is 1. The normalized spacial score (nSPS) is 50.8. The van der Waals surface area contributed by atoms with Gasteiger partial charge >= 0.3 is 0 Å². The molecule has 5 aliphatic carbocycles. The molecule has 0 unspecified atom stereocenters. The topological polar surface area (TPSA) is 29.1 Å². The molecule has 132 valence electrons. The van der Waals surface area contributed by atoms with Crippen LogP contribution in [0.1, 0.15) is 78.1 Å². The summed E-state index contributed by atoms with van der Waals surface area (Å²) < 4.78 is 0. The van der Waals surface area contributed by atoms with Crippen molar-refractivity contribution in [2.75, 3.05) is 0 Å². The largest absolute Gasteiger partial charge is 0.311 e. The van der Waals surface area contributed by atoms with E-state index in [-0.39, 0.29) is 0 Å². The van der Waals surface area contributed by atoms with Crippen LogP contribution in [0, 0.1) is 28.6 Å². The molecule has 0 aromatic heterocycles. The second-order valence-electron chi connectivity index (χ2n) is 10.1. The minimum Gasteiger partial charge on any atom is -0.311 e. The van der Waals surface area contributed by atoms with Gasteiger partial charge in [0.2, 0.25) is 0 Å². The molecule has 0 heterocycles. The predicted octanol–water partition coefficient (Wildman–Crippen LogP) is 4.64. The molecule has 0 aliphatic heterocycles. The van der Waals surface area contributed by atoms with Crippen LogP contribution in [0.5, 0.6) is 0 Å². The molecule has 24 heavy (non-hydrogen) atoms. The fourth-order valence-corrected chi connectivity index (χ4v) is 7.37. The van der Waals surface area contributed by atoms with E-state index in [9.17, 15) is 4.79 Å². The SMILES string of the molecule is C[C@]12CC[C@H]3[C@@H](CCC4=CC(=O)CC[C@@]43C)[C@@H]1CC[C@@H]2NC1CC1. The van der Waals surface area contributed by atoms with E-state index >= 15 is 0 Å². The van der Waals surface area contributed by atoms with E-state index in [1.165, 1.54) is 56.9 Å². The molecular weight excluding hydrogens is 294 g/mol. The lowest BCUT2D eigenvalue weighted by Gasteiger charge is -2.58. The van der Waals surface area contributed by atoms with Crippen LogP contribution >= 0.6 is 0 Å². The number of nitrogens with one attached hydrogen (secondary N) is 1. The van der Waals surface area contributed by atoms with Gasteiger partial charge in [0, 0.05) is 18.5 Å². The Morgan fingerprint density at radius 3 is 2.58 bits per heavy atom. The number of fused-ring (bicyclic) bond motifs is 5. The molecule has 4 saturated carbocycles. The molecule has 5 aliphatic rings. The first kappa shape index (κ1) is 15.6. The molecule has 0 spiro atoms. The quantitative estimate of drug-likeness (QED) is 0.800. The standard InChI is InChI=1S/C22H33NO/c1-21-11-9-16(24)13-14(21)3-6-17-18-7-8-20(23-15-4-5-15)22(18,2)12-10-19(17)21/h13,15,17-20,23H,3-12H2,1-2H3/t17-,18-,19-,20-,21-,22-/m0/s1. The van der Waals surface area contributed by atoms with Gasteiger partial charge in [0.05, 0.1) is 0 Å². The molecule has 2 nitrogen and oxygen atoms in total. The Morgan fingerprint density at radius 2 is 1.79 bits per heavy atom. The average molecular weight is 328 g/mol. The molecular formula is C22H33NO.